The molecular weight excluding hydrogens is 293 g/mol. The summed E-state index contributed by atoms with van der Waals surface area (Å²) in [4.78, 5) is 13.2. The molecule has 1 fully saturated rings. The third-order valence-electron chi connectivity index (χ3n) is 2.64. The molecule has 2 heterocycles. The first-order valence-corrected chi connectivity index (χ1v) is 6.02. The summed E-state index contributed by atoms with van der Waals surface area (Å²) in [5.74, 6) is -0.615. The third-order valence-corrected chi connectivity index (χ3v) is 2.93. The number of carbonyl (C=O) groups excluding carboxylic acids is 1. The van der Waals surface area contributed by atoms with Crippen LogP contribution in [-0.2, 0) is 11.8 Å². The van der Waals surface area contributed by atoms with E-state index in [1.807, 2.05) is 0 Å². The molecule has 0 atom stereocenters. The fourth-order valence-electron chi connectivity index (χ4n) is 1.82. The molecule has 0 radical (unpaired) electrons. The Balaban J connectivity index is 2.28. The minimum absolute atomic E-state index is 0.0412. The normalized spacial score (nSPS) is 18.1. The summed E-state index contributed by atoms with van der Waals surface area (Å²) in [5, 5.41) is 6.61. The smallest absolute Gasteiger partial charge is 0.328 e. The first-order chi connectivity index (χ1) is 9.19. The van der Waals surface area contributed by atoms with E-state index in [2.05, 4.69) is 10.4 Å². The maximum absolute atomic E-state index is 12.2. The second-order valence-corrected chi connectivity index (χ2v) is 4.67. The van der Waals surface area contributed by atoms with Crippen LogP contribution in [0.25, 0.3) is 0 Å². The average molecular weight is 304 g/mol. The average Bonchev–Trinajstić information content (AvgIpc) is 2.75. The fraction of sp³-hybridized carbons (Fsp3) is 0.364. The zero-order valence-electron chi connectivity index (χ0n) is 10.7. The molecule has 1 amide bonds. The number of halogens is 3. The van der Waals surface area contributed by atoms with Crippen molar-refractivity contribution in [2.24, 2.45) is 7.05 Å². The van der Waals surface area contributed by atoms with Gasteiger partial charge in [-0.05, 0) is 25.2 Å². The van der Waals surface area contributed by atoms with Crippen molar-refractivity contribution < 1.29 is 18.0 Å². The van der Waals surface area contributed by atoms with Gasteiger partial charge in [0, 0.05) is 13.2 Å². The van der Waals surface area contributed by atoms with Crippen molar-refractivity contribution in [3.05, 3.63) is 23.7 Å². The van der Waals surface area contributed by atoms with Crippen LogP contribution in [0.5, 0.6) is 0 Å². The van der Waals surface area contributed by atoms with Gasteiger partial charge in [0.2, 0.25) is 0 Å². The van der Waals surface area contributed by atoms with Crippen LogP contribution in [0.2, 0.25) is 0 Å². The standard InChI is InChI=1S/C11H11F3N4OS/c1-6-8(5-17(2)16-6)18-9(19)7(15-10(18)20)3-4-11(12,13)14/h3,5H,4H2,1-2H3,(H,15,20)/b7-3+. The first kappa shape index (κ1) is 14.5. The number of allylic oxidation sites excluding steroid dienone is 1. The predicted octanol–water partition coefficient (Wildman–Crippen LogP) is 1.79. The van der Waals surface area contributed by atoms with Gasteiger partial charge in [-0.2, -0.15) is 18.3 Å². The topological polar surface area (TPSA) is 50.2 Å². The summed E-state index contributed by atoms with van der Waals surface area (Å²) < 4.78 is 38.0. The second kappa shape index (κ2) is 4.89. The number of carbonyl (C=O) groups is 1. The van der Waals surface area contributed by atoms with Crippen molar-refractivity contribution in [1.82, 2.24) is 15.1 Å². The molecule has 1 aromatic heterocycles. The molecule has 20 heavy (non-hydrogen) atoms. The first-order valence-electron chi connectivity index (χ1n) is 5.61. The van der Waals surface area contributed by atoms with Gasteiger partial charge in [0.05, 0.1) is 17.8 Å². The molecule has 0 aliphatic carbocycles. The molecule has 0 aromatic carbocycles. The largest absolute Gasteiger partial charge is 0.392 e. The summed E-state index contributed by atoms with van der Waals surface area (Å²) in [6.45, 7) is 1.68. The summed E-state index contributed by atoms with van der Waals surface area (Å²) in [6, 6.07) is 0. The van der Waals surface area contributed by atoms with E-state index in [0.717, 1.165) is 11.0 Å². The van der Waals surface area contributed by atoms with Crippen molar-refractivity contribution in [3.8, 4) is 0 Å². The van der Waals surface area contributed by atoms with Crippen LogP contribution in [0.4, 0.5) is 18.9 Å². The van der Waals surface area contributed by atoms with Crippen molar-refractivity contribution >= 4 is 28.9 Å². The van der Waals surface area contributed by atoms with Crippen LogP contribution < -0.4 is 10.2 Å². The fourth-order valence-corrected chi connectivity index (χ4v) is 2.11. The van der Waals surface area contributed by atoms with Gasteiger partial charge in [-0.25, -0.2) is 4.90 Å². The number of hydrogen-bond acceptors (Lipinski definition) is 3. The summed E-state index contributed by atoms with van der Waals surface area (Å²) in [6.07, 6.45) is -3.19. The van der Waals surface area contributed by atoms with Gasteiger partial charge in [0.25, 0.3) is 5.91 Å². The Bertz CT molecular complexity index is 605. The molecule has 1 aromatic rings. The van der Waals surface area contributed by atoms with Gasteiger partial charge in [-0.3, -0.25) is 9.48 Å². The molecule has 0 saturated carbocycles. The maximum atomic E-state index is 12.2. The lowest BCUT2D eigenvalue weighted by atomic mass is 10.3. The van der Waals surface area contributed by atoms with Gasteiger partial charge >= 0.3 is 6.18 Å². The Morgan fingerprint density at radius 3 is 2.65 bits per heavy atom. The Morgan fingerprint density at radius 2 is 2.15 bits per heavy atom. The van der Waals surface area contributed by atoms with E-state index in [4.69, 9.17) is 12.2 Å². The van der Waals surface area contributed by atoms with Crippen LogP contribution in [0.3, 0.4) is 0 Å². The van der Waals surface area contributed by atoms with E-state index in [1.165, 1.54) is 4.68 Å². The summed E-state index contributed by atoms with van der Waals surface area (Å²) >= 11 is 4.99. The number of aromatic nitrogens is 2. The molecule has 1 saturated heterocycles. The highest BCUT2D eigenvalue weighted by molar-refractivity contribution is 7.80. The molecule has 1 aliphatic heterocycles. The Morgan fingerprint density at radius 1 is 1.50 bits per heavy atom. The van der Waals surface area contributed by atoms with Gasteiger partial charge in [0.15, 0.2) is 5.11 Å². The highest BCUT2D eigenvalue weighted by Gasteiger charge is 2.35. The summed E-state index contributed by atoms with van der Waals surface area (Å²) in [5.41, 5.74) is 0.836. The van der Waals surface area contributed by atoms with Crippen LogP contribution in [0.15, 0.2) is 18.0 Å². The van der Waals surface area contributed by atoms with E-state index in [0.29, 0.717) is 11.4 Å². The van der Waals surface area contributed by atoms with E-state index in [-0.39, 0.29) is 10.8 Å². The zero-order chi connectivity index (χ0) is 15.1. The highest BCUT2D eigenvalue weighted by Crippen LogP contribution is 2.26. The number of anilines is 1. The molecule has 0 bridgehead atoms. The highest BCUT2D eigenvalue weighted by atomic mass is 32.1. The van der Waals surface area contributed by atoms with Crippen molar-refractivity contribution in [1.29, 1.82) is 0 Å². The lowest BCUT2D eigenvalue weighted by Crippen LogP contribution is -2.30. The van der Waals surface area contributed by atoms with Crippen molar-refractivity contribution in [3.63, 3.8) is 0 Å². The quantitative estimate of drug-likeness (QED) is 0.668. The second-order valence-electron chi connectivity index (χ2n) is 4.28. The van der Waals surface area contributed by atoms with Gasteiger partial charge in [-0.1, -0.05) is 0 Å². The lowest BCUT2D eigenvalue weighted by Gasteiger charge is -2.11. The molecule has 1 aliphatic rings. The molecule has 5 nitrogen and oxygen atoms in total. The predicted molar refractivity (Wildman–Crippen MR) is 69.9 cm³/mol. The Labute approximate surface area is 118 Å². The minimum atomic E-state index is -4.37. The summed E-state index contributed by atoms with van der Waals surface area (Å²) in [7, 11) is 1.67. The van der Waals surface area contributed by atoms with Crippen LogP contribution >= 0.6 is 12.2 Å². The number of alkyl halides is 3. The number of thiocarbonyl (C=S) groups is 1. The molecule has 9 heteroatoms. The molecule has 108 valence electrons. The van der Waals surface area contributed by atoms with Crippen LogP contribution in [-0.4, -0.2) is 27.0 Å². The van der Waals surface area contributed by atoms with Gasteiger partial charge in [-0.15, -0.1) is 0 Å². The SMILES string of the molecule is Cc1nn(C)cc1N1C(=O)/C(=C\CC(F)(F)F)NC1=S. The number of rotatable bonds is 2. The molecular formula is C11H11F3N4OS. The lowest BCUT2D eigenvalue weighted by molar-refractivity contribution is -0.125. The molecule has 0 spiro atoms. The molecule has 0 unspecified atom stereocenters. The molecule has 1 N–H and O–H groups in total. The van der Waals surface area contributed by atoms with E-state index < -0.39 is 18.5 Å². The van der Waals surface area contributed by atoms with Crippen molar-refractivity contribution in [2.75, 3.05) is 4.90 Å². The Hall–Kier alpha value is -1.90. The number of hydrogen-bond donors (Lipinski definition) is 1. The number of aryl methyl sites for hydroxylation is 2. The van der Waals surface area contributed by atoms with Crippen LogP contribution in [0, 0.1) is 6.92 Å². The maximum Gasteiger partial charge on any atom is 0.392 e. The number of nitrogens with zero attached hydrogens (tertiary/aromatic N) is 3. The van der Waals surface area contributed by atoms with Gasteiger partial charge in [0.1, 0.15) is 5.70 Å². The van der Waals surface area contributed by atoms with Crippen LogP contribution in [0.1, 0.15) is 12.1 Å². The Kier molecular flexibility index (Phi) is 3.55. The number of amides is 1. The molecule has 2 rings (SSSR count). The van der Waals surface area contributed by atoms with E-state index in [1.54, 1.807) is 20.2 Å². The van der Waals surface area contributed by atoms with E-state index >= 15 is 0 Å². The number of nitrogens with one attached hydrogen (secondary N) is 1. The van der Waals surface area contributed by atoms with Crippen molar-refractivity contribution in [2.45, 2.75) is 19.5 Å². The minimum Gasteiger partial charge on any atom is -0.328 e. The zero-order valence-corrected chi connectivity index (χ0v) is 11.5. The monoisotopic (exact) mass is 304 g/mol. The third kappa shape index (κ3) is 2.82. The van der Waals surface area contributed by atoms with Gasteiger partial charge < -0.3 is 5.32 Å². The van der Waals surface area contributed by atoms with E-state index in [9.17, 15) is 18.0 Å².